The molecule has 0 atom stereocenters. The van der Waals surface area contributed by atoms with Crippen molar-refractivity contribution in [1.82, 2.24) is 14.7 Å². The molecule has 0 aromatic carbocycles. The summed E-state index contributed by atoms with van der Waals surface area (Å²) in [5.74, 6) is 0.280. The van der Waals surface area contributed by atoms with Crippen LogP contribution in [0.1, 0.15) is 33.6 Å². The Balaban J connectivity index is 1.81. The molecule has 0 radical (unpaired) electrons. The van der Waals surface area contributed by atoms with Crippen LogP contribution in [-0.2, 0) is 4.79 Å². The molecule has 6 heteroatoms. The van der Waals surface area contributed by atoms with E-state index in [0.717, 1.165) is 32.7 Å². The van der Waals surface area contributed by atoms with Crippen molar-refractivity contribution in [3.05, 3.63) is 0 Å². The molecule has 0 spiro atoms. The van der Waals surface area contributed by atoms with Gasteiger partial charge in [0.2, 0.25) is 5.91 Å². The number of likely N-dealkylation sites (N-methyl/N-ethyl adjacent to an activating group) is 1. The summed E-state index contributed by atoms with van der Waals surface area (Å²) in [6.45, 7) is 11.2. The Bertz CT molecular complexity index is 400. The summed E-state index contributed by atoms with van der Waals surface area (Å²) in [6, 6.07) is 0.511. The molecule has 1 heterocycles. The molecular formula is C15H28N4OS. The summed E-state index contributed by atoms with van der Waals surface area (Å²) >= 11 is 5.16. The summed E-state index contributed by atoms with van der Waals surface area (Å²) in [7, 11) is 0. The van der Waals surface area contributed by atoms with Crippen molar-refractivity contribution in [2.45, 2.75) is 45.2 Å². The van der Waals surface area contributed by atoms with Crippen LogP contribution in [0.25, 0.3) is 0 Å². The largest absolute Gasteiger partial charge is 0.392 e. The number of amides is 1. The van der Waals surface area contributed by atoms with Crippen molar-refractivity contribution in [3.8, 4) is 0 Å². The lowest BCUT2D eigenvalue weighted by atomic mass is 10.0. The zero-order valence-corrected chi connectivity index (χ0v) is 14.3. The molecule has 1 amide bonds. The normalized spacial score (nSPS) is 21.3. The standard InChI is InChI=1S/C15H28N4OS/c1-4-19(12-5-6-12)13(20)11-17-7-9-18(10-8-17)15(2,3)14(16)21/h12H,4-11H2,1-3H3,(H2,16,21). The number of carbonyl (C=O) groups is 1. The van der Waals surface area contributed by atoms with E-state index in [2.05, 4.69) is 30.6 Å². The highest BCUT2D eigenvalue weighted by Gasteiger charge is 2.35. The second-order valence-electron chi connectivity index (χ2n) is 6.60. The van der Waals surface area contributed by atoms with Crippen LogP contribution in [0.15, 0.2) is 0 Å². The molecule has 2 rings (SSSR count). The van der Waals surface area contributed by atoms with Crippen LogP contribution < -0.4 is 5.73 Å². The maximum Gasteiger partial charge on any atom is 0.236 e. The lowest BCUT2D eigenvalue weighted by Crippen LogP contribution is -2.60. The Morgan fingerprint density at radius 3 is 2.29 bits per heavy atom. The van der Waals surface area contributed by atoms with Gasteiger partial charge < -0.3 is 10.6 Å². The highest BCUT2D eigenvalue weighted by molar-refractivity contribution is 7.80. The SMILES string of the molecule is CCN(C(=O)CN1CCN(C(C)(C)C(N)=S)CC1)C1CC1. The maximum atomic E-state index is 12.3. The molecule has 0 aromatic rings. The summed E-state index contributed by atoms with van der Waals surface area (Å²) in [5.41, 5.74) is 5.59. The van der Waals surface area contributed by atoms with Gasteiger partial charge in [0.25, 0.3) is 0 Å². The first kappa shape index (κ1) is 16.6. The van der Waals surface area contributed by atoms with Crippen molar-refractivity contribution in [1.29, 1.82) is 0 Å². The van der Waals surface area contributed by atoms with Crippen LogP contribution in [0.4, 0.5) is 0 Å². The highest BCUT2D eigenvalue weighted by atomic mass is 32.1. The van der Waals surface area contributed by atoms with Crippen LogP contribution >= 0.6 is 12.2 Å². The number of nitrogens with zero attached hydrogens (tertiary/aromatic N) is 3. The maximum absolute atomic E-state index is 12.3. The molecular weight excluding hydrogens is 284 g/mol. The lowest BCUT2D eigenvalue weighted by molar-refractivity contribution is -0.133. The molecule has 1 saturated carbocycles. The summed E-state index contributed by atoms with van der Waals surface area (Å²) in [6.07, 6.45) is 2.35. The first-order chi connectivity index (χ1) is 9.86. The van der Waals surface area contributed by atoms with Crippen LogP contribution in [-0.4, -0.2) is 76.4 Å². The number of hydrogen-bond donors (Lipinski definition) is 1. The first-order valence-electron chi connectivity index (χ1n) is 7.93. The first-order valence-corrected chi connectivity index (χ1v) is 8.34. The molecule has 2 aliphatic rings. The quantitative estimate of drug-likeness (QED) is 0.731. The van der Waals surface area contributed by atoms with Gasteiger partial charge in [-0.05, 0) is 33.6 Å². The van der Waals surface area contributed by atoms with E-state index in [-0.39, 0.29) is 11.4 Å². The fourth-order valence-electron chi connectivity index (χ4n) is 2.93. The van der Waals surface area contributed by atoms with Crippen molar-refractivity contribution >= 4 is 23.1 Å². The third-order valence-electron chi connectivity index (χ3n) is 4.77. The smallest absolute Gasteiger partial charge is 0.236 e. The van der Waals surface area contributed by atoms with E-state index in [9.17, 15) is 4.79 Å². The van der Waals surface area contributed by atoms with E-state index in [1.54, 1.807) is 0 Å². The summed E-state index contributed by atoms with van der Waals surface area (Å²) in [4.78, 5) is 19.5. The van der Waals surface area contributed by atoms with E-state index < -0.39 is 0 Å². The van der Waals surface area contributed by atoms with Crippen LogP contribution in [0.5, 0.6) is 0 Å². The van der Waals surface area contributed by atoms with Gasteiger partial charge in [-0.25, -0.2) is 0 Å². The fourth-order valence-corrected chi connectivity index (χ4v) is 3.06. The molecule has 21 heavy (non-hydrogen) atoms. The molecule has 0 aromatic heterocycles. The van der Waals surface area contributed by atoms with E-state index in [1.807, 2.05) is 4.90 Å². The van der Waals surface area contributed by atoms with Crippen molar-refractivity contribution in [2.24, 2.45) is 5.73 Å². The molecule has 120 valence electrons. The molecule has 1 aliphatic carbocycles. The van der Waals surface area contributed by atoms with Crippen LogP contribution in [0, 0.1) is 0 Å². The van der Waals surface area contributed by atoms with E-state index in [4.69, 9.17) is 18.0 Å². The number of rotatable bonds is 6. The van der Waals surface area contributed by atoms with Crippen molar-refractivity contribution < 1.29 is 4.79 Å². The zero-order chi connectivity index (χ0) is 15.6. The van der Waals surface area contributed by atoms with Gasteiger partial charge in [-0.1, -0.05) is 12.2 Å². The Hall–Kier alpha value is -0.720. The predicted molar refractivity (Wildman–Crippen MR) is 89.3 cm³/mol. The Kier molecular flexibility index (Phi) is 5.22. The van der Waals surface area contributed by atoms with Gasteiger partial charge in [0.1, 0.15) is 0 Å². The van der Waals surface area contributed by atoms with E-state index in [1.165, 1.54) is 12.8 Å². The lowest BCUT2D eigenvalue weighted by Gasteiger charge is -2.43. The third kappa shape index (κ3) is 3.93. The van der Waals surface area contributed by atoms with Crippen molar-refractivity contribution in [2.75, 3.05) is 39.3 Å². The second kappa shape index (κ2) is 6.58. The van der Waals surface area contributed by atoms with Gasteiger partial charge in [-0.3, -0.25) is 14.6 Å². The molecule has 2 N–H and O–H groups in total. The monoisotopic (exact) mass is 312 g/mol. The van der Waals surface area contributed by atoms with Gasteiger partial charge in [-0.2, -0.15) is 0 Å². The van der Waals surface area contributed by atoms with Gasteiger partial charge in [0.05, 0.1) is 17.1 Å². The number of piperazine rings is 1. The van der Waals surface area contributed by atoms with Crippen LogP contribution in [0.3, 0.4) is 0 Å². The molecule has 1 aliphatic heterocycles. The molecule has 5 nitrogen and oxygen atoms in total. The Morgan fingerprint density at radius 2 is 1.86 bits per heavy atom. The molecule has 2 fully saturated rings. The fraction of sp³-hybridized carbons (Fsp3) is 0.867. The average Bonchev–Trinajstić information content (AvgIpc) is 3.24. The second-order valence-corrected chi connectivity index (χ2v) is 7.04. The minimum Gasteiger partial charge on any atom is -0.392 e. The van der Waals surface area contributed by atoms with Crippen molar-refractivity contribution in [3.63, 3.8) is 0 Å². The molecule has 0 bridgehead atoms. The van der Waals surface area contributed by atoms with E-state index in [0.29, 0.717) is 17.6 Å². The molecule has 0 unspecified atom stereocenters. The number of carbonyl (C=O) groups excluding carboxylic acids is 1. The van der Waals surface area contributed by atoms with Gasteiger partial charge in [0.15, 0.2) is 0 Å². The third-order valence-corrected chi connectivity index (χ3v) is 5.27. The van der Waals surface area contributed by atoms with E-state index >= 15 is 0 Å². The number of hydrogen-bond acceptors (Lipinski definition) is 4. The number of nitrogens with two attached hydrogens (primary N) is 1. The minimum absolute atomic E-state index is 0.241. The Labute approximate surface area is 133 Å². The summed E-state index contributed by atoms with van der Waals surface area (Å²) in [5, 5.41) is 0. The minimum atomic E-state index is -0.241. The zero-order valence-electron chi connectivity index (χ0n) is 13.5. The highest BCUT2D eigenvalue weighted by Crippen LogP contribution is 2.26. The summed E-state index contributed by atoms with van der Waals surface area (Å²) < 4.78 is 0. The van der Waals surface area contributed by atoms with Gasteiger partial charge in [0, 0.05) is 38.8 Å². The Morgan fingerprint density at radius 1 is 1.29 bits per heavy atom. The molecule has 1 saturated heterocycles. The van der Waals surface area contributed by atoms with Gasteiger partial charge in [-0.15, -0.1) is 0 Å². The van der Waals surface area contributed by atoms with Crippen LogP contribution in [0.2, 0.25) is 0 Å². The topological polar surface area (TPSA) is 52.8 Å². The number of thiocarbonyl (C=S) groups is 1. The average molecular weight is 312 g/mol. The predicted octanol–water partition coefficient (Wildman–Crippen LogP) is 0.680. The van der Waals surface area contributed by atoms with Gasteiger partial charge >= 0.3 is 0 Å².